The minimum Gasteiger partial charge on any atom is -0.368 e. The van der Waals surface area contributed by atoms with Crippen LogP contribution in [0.5, 0.6) is 0 Å². The Kier molecular flexibility index (Phi) is 5.35. The summed E-state index contributed by atoms with van der Waals surface area (Å²) >= 11 is 0. The summed E-state index contributed by atoms with van der Waals surface area (Å²) in [5.41, 5.74) is 1.81. The van der Waals surface area contributed by atoms with E-state index >= 15 is 0 Å². The van der Waals surface area contributed by atoms with Crippen LogP contribution in [0.3, 0.4) is 0 Å². The molecule has 2 aliphatic rings. The van der Waals surface area contributed by atoms with Crippen LogP contribution < -0.4 is 10.0 Å². The Bertz CT molecular complexity index is 922. The fraction of sp³-hybridized carbons (Fsp3) is 0.500. The number of hydrogen-bond acceptors (Lipinski definition) is 6. The lowest BCUT2D eigenvalue weighted by Crippen LogP contribution is -2.51. The molecule has 3 heterocycles. The minimum absolute atomic E-state index is 0.254. The third kappa shape index (κ3) is 4.04. The third-order valence-electron chi connectivity index (χ3n) is 5.52. The van der Waals surface area contributed by atoms with Gasteiger partial charge in [-0.3, -0.25) is 4.90 Å². The molecule has 7 nitrogen and oxygen atoms in total. The smallest absolute Gasteiger partial charge is 0.244 e. The van der Waals surface area contributed by atoms with Crippen LogP contribution in [0.4, 0.5) is 5.69 Å². The molecule has 0 aliphatic carbocycles. The molecule has 0 saturated carbocycles. The molecule has 1 fully saturated rings. The fourth-order valence-corrected chi connectivity index (χ4v) is 5.30. The maximum atomic E-state index is 12.5. The first kappa shape index (κ1) is 19.3. The number of benzene rings is 1. The van der Waals surface area contributed by atoms with Gasteiger partial charge in [-0.25, -0.2) is 18.4 Å². The standard InChI is InChI=1S/C20H27N5O2S/c1-14(2)19-21-11-15(12-22-19)13-25-9-7-16(8-10-25)20-23-17-5-3-4-6-18(17)28(26,27)24-20/h3-6,11-12,14,16,20,23-24H,7-10,13H2,1-2H3. The van der Waals surface area contributed by atoms with Crippen molar-refractivity contribution in [3.63, 3.8) is 0 Å². The molecule has 1 aromatic carbocycles. The van der Waals surface area contributed by atoms with Crippen molar-refractivity contribution in [3.05, 3.63) is 48.0 Å². The maximum Gasteiger partial charge on any atom is 0.244 e. The molecule has 2 aliphatic heterocycles. The highest BCUT2D eigenvalue weighted by Gasteiger charge is 2.35. The molecular formula is C20H27N5O2S. The van der Waals surface area contributed by atoms with Gasteiger partial charge in [-0.05, 0) is 44.0 Å². The van der Waals surface area contributed by atoms with Crippen molar-refractivity contribution in [2.75, 3.05) is 18.4 Å². The minimum atomic E-state index is -3.46. The third-order valence-corrected chi connectivity index (χ3v) is 7.02. The molecular weight excluding hydrogens is 374 g/mol. The van der Waals surface area contributed by atoms with E-state index in [0.29, 0.717) is 16.5 Å². The van der Waals surface area contributed by atoms with E-state index in [1.54, 1.807) is 12.1 Å². The highest BCUT2D eigenvalue weighted by molar-refractivity contribution is 7.89. The van der Waals surface area contributed by atoms with Crippen molar-refractivity contribution in [1.29, 1.82) is 0 Å². The quantitative estimate of drug-likeness (QED) is 0.819. The van der Waals surface area contributed by atoms with E-state index in [9.17, 15) is 8.42 Å². The molecule has 150 valence electrons. The second kappa shape index (κ2) is 7.77. The van der Waals surface area contributed by atoms with Gasteiger partial charge in [-0.15, -0.1) is 0 Å². The fourth-order valence-electron chi connectivity index (χ4n) is 3.91. The zero-order chi connectivity index (χ0) is 19.7. The second-order valence-corrected chi connectivity index (χ2v) is 9.64. The van der Waals surface area contributed by atoms with Crippen LogP contribution >= 0.6 is 0 Å². The number of para-hydroxylation sites is 1. The van der Waals surface area contributed by atoms with Gasteiger partial charge < -0.3 is 5.32 Å². The molecule has 2 aromatic rings. The van der Waals surface area contributed by atoms with Crippen molar-refractivity contribution in [2.24, 2.45) is 5.92 Å². The molecule has 28 heavy (non-hydrogen) atoms. The van der Waals surface area contributed by atoms with E-state index < -0.39 is 10.0 Å². The van der Waals surface area contributed by atoms with Crippen LogP contribution in [0.25, 0.3) is 0 Å². The largest absolute Gasteiger partial charge is 0.368 e. The summed E-state index contributed by atoms with van der Waals surface area (Å²) in [6.45, 7) is 6.87. The zero-order valence-electron chi connectivity index (χ0n) is 16.3. The highest BCUT2D eigenvalue weighted by atomic mass is 32.2. The van der Waals surface area contributed by atoms with E-state index in [0.717, 1.165) is 43.9 Å². The normalized spacial score (nSPS) is 22.6. The lowest BCUT2D eigenvalue weighted by atomic mass is 9.93. The van der Waals surface area contributed by atoms with Crippen LogP contribution in [-0.4, -0.2) is 42.5 Å². The Morgan fingerprint density at radius 2 is 1.82 bits per heavy atom. The number of nitrogens with one attached hydrogen (secondary N) is 2. The summed E-state index contributed by atoms with van der Waals surface area (Å²) in [5, 5.41) is 3.37. The predicted molar refractivity (Wildman–Crippen MR) is 108 cm³/mol. The van der Waals surface area contributed by atoms with E-state index in [1.807, 2.05) is 24.5 Å². The monoisotopic (exact) mass is 401 g/mol. The number of anilines is 1. The van der Waals surface area contributed by atoms with Crippen molar-refractivity contribution in [1.82, 2.24) is 19.6 Å². The van der Waals surface area contributed by atoms with Gasteiger partial charge in [0, 0.05) is 30.4 Å². The molecule has 0 radical (unpaired) electrons. The van der Waals surface area contributed by atoms with Gasteiger partial charge >= 0.3 is 0 Å². The number of fused-ring (bicyclic) bond motifs is 1. The Hall–Kier alpha value is -2.03. The van der Waals surface area contributed by atoms with Gasteiger partial charge in [-0.1, -0.05) is 26.0 Å². The topological polar surface area (TPSA) is 87.2 Å². The van der Waals surface area contributed by atoms with Crippen molar-refractivity contribution in [2.45, 2.75) is 50.2 Å². The van der Waals surface area contributed by atoms with Crippen molar-refractivity contribution < 1.29 is 8.42 Å². The van der Waals surface area contributed by atoms with Gasteiger partial charge in [0.05, 0.1) is 11.9 Å². The van der Waals surface area contributed by atoms with Crippen LogP contribution in [0.2, 0.25) is 0 Å². The number of rotatable bonds is 4. The summed E-state index contributed by atoms with van der Waals surface area (Å²) < 4.78 is 27.9. The highest BCUT2D eigenvalue weighted by Crippen LogP contribution is 2.31. The van der Waals surface area contributed by atoms with Crippen LogP contribution in [-0.2, 0) is 16.6 Å². The van der Waals surface area contributed by atoms with E-state index in [4.69, 9.17) is 0 Å². The predicted octanol–water partition coefficient (Wildman–Crippen LogP) is 2.54. The lowest BCUT2D eigenvalue weighted by molar-refractivity contribution is 0.163. The summed E-state index contributed by atoms with van der Waals surface area (Å²) in [6.07, 6.45) is 5.46. The summed E-state index contributed by atoms with van der Waals surface area (Å²) in [4.78, 5) is 11.6. The molecule has 0 amide bonds. The molecule has 1 unspecified atom stereocenters. The SMILES string of the molecule is CC(C)c1ncc(CN2CCC(C3Nc4ccccc4S(=O)(=O)N3)CC2)cn1. The average Bonchev–Trinajstić information content (AvgIpc) is 2.68. The molecule has 1 aromatic heterocycles. The van der Waals surface area contributed by atoms with E-state index in [1.165, 1.54) is 0 Å². The number of hydrogen-bond donors (Lipinski definition) is 2. The summed E-state index contributed by atoms with van der Waals surface area (Å²) in [6, 6.07) is 7.07. The van der Waals surface area contributed by atoms with Gasteiger partial charge in [0.2, 0.25) is 10.0 Å². The van der Waals surface area contributed by atoms with Crippen LogP contribution in [0.1, 0.15) is 44.0 Å². The molecule has 4 rings (SSSR count). The van der Waals surface area contributed by atoms with Gasteiger partial charge in [0.15, 0.2) is 0 Å². The Labute approximate surface area is 166 Å². The van der Waals surface area contributed by atoms with Gasteiger partial charge in [0.25, 0.3) is 0 Å². The number of nitrogens with zero attached hydrogens (tertiary/aromatic N) is 3. The number of piperidine rings is 1. The van der Waals surface area contributed by atoms with Crippen LogP contribution in [0, 0.1) is 5.92 Å². The number of likely N-dealkylation sites (tertiary alicyclic amines) is 1. The molecule has 2 N–H and O–H groups in total. The first-order valence-corrected chi connectivity index (χ1v) is 11.3. The molecule has 8 heteroatoms. The summed E-state index contributed by atoms with van der Waals surface area (Å²) in [7, 11) is -3.46. The van der Waals surface area contributed by atoms with Crippen molar-refractivity contribution in [3.8, 4) is 0 Å². The van der Waals surface area contributed by atoms with Crippen molar-refractivity contribution >= 4 is 15.7 Å². The van der Waals surface area contributed by atoms with E-state index in [-0.39, 0.29) is 12.1 Å². The zero-order valence-corrected chi connectivity index (χ0v) is 17.1. The first-order valence-electron chi connectivity index (χ1n) is 9.83. The molecule has 1 saturated heterocycles. The molecule has 1 atom stereocenters. The molecule has 0 spiro atoms. The Morgan fingerprint density at radius 3 is 2.50 bits per heavy atom. The first-order chi connectivity index (χ1) is 13.4. The van der Waals surface area contributed by atoms with Crippen LogP contribution in [0.15, 0.2) is 41.6 Å². The van der Waals surface area contributed by atoms with E-state index in [2.05, 4.69) is 38.8 Å². The Morgan fingerprint density at radius 1 is 1.14 bits per heavy atom. The van der Waals surface area contributed by atoms with Gasteiger partial charge in [0.1, 0.15) is 10.7 Å². The van der Waals surface area contributed by atoms with Gasteiger partial charge in [-0.2, -0.15) is 4.72 Å². The number of aromatic nitrogens is 2. The summed E-state index contributed by atoms with van der Waals surface area (Å²) in [5.74, 6) is 1.47. The average molecular weight is 402 g/mol. The Balaban J connectivity index is 1.36. The second-order valence-electron chi connectivity index (χ2n) is 7.96. The lowest BCUT2D eigenvalue weighted by Gasteiger charge is -2.38. The maximum absolute atomic E-state index is 12.5. The number of sulfonamides is 1. The molecule has 0 bridgehead atoms.